The van der Waals surface area contributed by atoms with Gasteiger partial charge in [-0.15, -0.1) is 0 Å². The van der Waals surface area contributed by atoms with Crippen LogP contribution in [0.15, 0.2) is 28.8 Å². The highest BCUT2D eigenvalue weighted by Crippen LogP contribution is 2.51. The van der Waals surface area contributed by atoms with Gasteiger partial charge in [0.2, 0.25) is 0 Å². The van der Waals surface area contributed by atoms with Crippen LogP contribution in [0.1, 0.15) is 35.2 Å². The lowest BCUT2D eigenvalue weighted by Gasteiger charge is -2.12. The third-order valence-corrected chi connectivity index (χ3v) is 3.67. The zero-order valence-electron chi connectivity index (χ0n) is 12.1. The molecule has 1 aliphatic carbocycles. The minimum Gasteiger partial charge on any atom is -0.455 e. The molecular weight excluding hydrogens is 313 g/mol. The molecule has 122 valence electrons. The lowest BCUT2D eigenvalue weighted by Crippen LogP contribution is -2.11. The maximum Gasteiger partial charge on any atom is 0.416 e. The van der Waals surface area contributed by atoms with E-state index in [4.69, 9.17) is 9.26 Å². The number of hydrogen-bond donors (Lipinski definition) is 0. The number of ether oxygens (including phenoxy) is 1. The van der Waals surface area contributed by atoms with Gasteiger partial charge in [-0.25, -0.2) is 0 Å². The lowest BCUT2D eigenvalue weighted by atomic mass is 10.0. The average Bonchev–Trinajstić information content (AvgIpc) is 3.20. The van der Waals surface area contributed by atoms with Crippen LogP contribution in [-0.2, 0) is 22.3 Å². The van der Waals surface area contributed by atoms with Gasteiger partial charge in [0.25, 0.3) is 5.89 Å². The van der Waals surface area contributed by atoms with Crippen molar-refractivity contribution >= 4 is 5.97 Å². The highest BCUT2D eigenvalue weighted by molar-refractivity contribution is 5.77. The predicted molar refractivity (Wildman–Crippen MR) is 71.1 cm³/mol. The second-order valence-corrected chi connectivity index (χ2v) is 5.38. The molecule has 1 aromatic carbocycles. The number of benzene rings is 1. The van der Waals surface area contributed by atoms with Gasteiger partial charge in [-0.05, 0) is 30.9 Å². The summed E-state index contributed by atoms with van der Waals surface area (Å²) in [6, 6.07) is 5.30. The molecule has 1 heterocycles. The summed E-state index contributed by atoms with van der Waals surface area (Å²) in [5, 5.41) is 3.55. The monoisotopic (exact) mass is 326 g/mol. The topological polar surface area (TPSA) is 65.2 Å². The van der Waals surface area contributed by atoms with Crippen molar-refractivity contribution in [3.05, 3.63) is 47.1 Å². The van der Waals surface area contributed by atoms with Crippen molar-refractivity contribution in [2.45, 2.75) is 32.0 Å². The Bertz CT molecular complexity index is 727. The number of nitrogens with zero attached hydrogens (tertiary/aromatic N) is 2. The Morgan fingerprint density at radius 1 is 1.39 bits per heavy atom. The van der Waals surface area contributed by atoms with Crippen LogP contribution in [0.25, 0.3) is 0 Å². The predicted octanol–water partition coefficient (Wildman–Crippen LogP) is 3.24. The summed E-state index contributed by atoms with van der Waals surface area (Å²) in [5.74, 6) is -1.02. The molecule has 0 amide bonds. The van der Waals surface area contributed by atoms with Crippen LogP contribution in [0.3, 0.4) is 0 Å². The smallest absolute Gasteiger partial charge is 0.416 e. The Balaban J connectivity index is 1.64. The second kappa shape index (κ2) is 5.68. The first-order chi connectivity index (χ1) is 10.9. The summed E-state index contributed by atoms with van der Waals surface area (Å²) in [7, 11) is 0. The molecule has 0 radical (unpaired) electrons. The van der Waals surface area contributed by atoms with Crippen molar-refractivity contribution in [1.82, 2.24) is 10.1 Å². The molecule has 0 N–H and O–H groups in total. The largest absolute Gasteiger partial charge is 0.455 e. The molecular formula is C15H13F3N2O3. The van der Waals surface area contributed by atoms with Crippen molar-refractivity contribution < 1.29 is 27.2 Å². The van der Waals surface area contributed by atoms with E-state index < -0.39 is 29.5 Å². The minimum absolute atomic E-state index is 0.135. The van der Waals surface area contributed by atoms with Crippen molar-refractivity contribution in [2.75, 3.05) is 0 Å². The van der Waals surface area contributed by atoms with E-state index in [1.807, 2.05) is 0 Å². The van der Waals surface area contributed by atoms with Gasteiger partial charge in [0.05, 0.1) is 11.5 Å². The fraction of sp³-hybridized carbons (Fsp3) is 0.400. The van der Waals surface area contributed by atoms with Gasteiger partial charge >= 0.3 is 12.1 Å². The van der Waals surface area contributed by atoms with Crippen molar-refractivity contribution in [2.24, 2.45) is 5.92 Å². The summed E-state index contributed by atoms with van der Waals surface area (Å²) in [6.07, 6.45) is -4.09. The molecule has 5 nitrogen and oxygen atoms in total. The van der Waals surface area contributed by atoms with Crippen molar-refractivity contribution in [3.63, 3.8) is 0 Å². The zero-order chi connectivity index (χ0) is 16.6. The number of halogens is 3. The molecule has 2 aromatic rings. The normalized spacial score (nSPS) is 20.3. The molecule has 1 fully saturated rings. The number of esters is 1. The molecule has 8 heteroatoms. The highest BCUT2D eigenvalue weighted by Gasteiger charge is 2.48. The van der Waals surface area contributed by atoms with Gasteiger partial charge in [0, 0.05) is 0 Å². The summed E-state index contributed by atoms with van der Waals surface area (Å²) in [6.45, 7) is 1.45. The number of rotatable bonds is 4. The van der Waals surface area contributed by atoms with E-state index in [1.54, 1.807) is 6.92 Å². The Labute approximate surface area is 129 Å². The number of hydrogen-bond acceptors (Lipinski definition) is 5. The number of aromatic nitrogens is 2. The van der Waals surface area contributed by atoms with E-state index in [0.717, 1.165) is 6.07 Å². The molecule has 0 bridgehead atoms. The summed E-state index contributed by atoms with van der Waals surface area (Å²) >= 11 is 0. The molecule has 1 aromatic heterocycles. The van der Waals surface area contributed by atoms with E-state index in [1.165, 1.54) is 18.2 Å². The maximum atomic E-state index is 13.0. The molecule has 1 saturated carbocycles. The van der Waals surface area contributed by atoms with Crippen LogP contribution >= 0.6 is 0 Å². The number of carbonyl (C=O) groups excluding carboxylic acids is 1. The van der Waals surface area contributed by atoms with E-state index in [2.05, 4.69) is 10.1 Å². The average molecular weight is 326 g/mol. The maximum absolute atomic E-state index is 13.0. The first kappa shape index (κ1) is 15.5. The SMILES string of the molecule is Cc1noc(COC(=O)[C@H]2C[C@@H]2c2ccccc2C(F)(F)F)n1. The van der Waals surface area contributed by atoms with Crippen molar-refractivity contribution in [1.29, 1.82) is 0 Å². The molecule has 0 spiro atoms. The van der Waals surface area contributed by atoms with Gasteiger partial charge in [-0.3, -0.25) is 4.79 Å². The standard InChI is InChI=1S/C15H13F3N2O3/c1-8-19-13(23-20-8)7-22-14(21)11-6-10(11)9-4-2-3-5-12(9)15(16,17)18/h2-5,10-11H,6-7H2,1H3/t10-,11+/m1/s1. The third kappa shape index (κ3) is 3.35. The number of aryl methyl sites for hydroxylation is 1. The van der Waals surface area contributed by atoms with Gasteiger partial charge in [0.1, 0.15) is 0 Å². The van der Waals surface area contributed by atoms with Crippen LogP contribution in [0.4, 0.5) is 13.2 Å². The van der Waals surface area contributed by atoms with Gasteiger partial charge in [0.15, 0.2) is 12.4 Å². The first-order valence-electron chi connectivity index (χ1n) is 6.98. The Kier molecular flexibility index (Phi) is 3.83. The highest BCUT2D eigenvalue weighted by atomic mass is 19.4. The third-order valence-electron chi connectivity index (χ3n) is 3.67. The fourth-order valence-electron chi connectivity index (χ4n) is 2.52. The zero-order valence-corrected chi connectivity index (χ0v) is 12.1. The summed E-state index contributed by atoms with van der Waals surface area (Å²) < 4.78 is 48.8. The summed E-state index contributed by atoms with van der Waals surface area (Å²) in [5.41, 5.74) is -0.566. The Morgan fingerprint density at radius 2 is 2.13 bits per heavy atom. The van der Waals surface area contributed by atoms with Gasteiger partial charge < -0.3 is 9.26 Å². The molecule has 0 saturated heterocycles. The number of carbonyl (C=O) groups is 1. The van der Waals surface area contributed by atoms with E-state index in [-0.39, 0.29) is 18.1 Å². The lowest BCUT2D eigenvalue weighted by molar-refractivity contribution is -0.147. The quantitative estimate of drug-likeness (QED) is 0.807. The van der Waals surface area contributed by atoms with Crippen LogP contribution in [0.2, 0.25) is 0 Å². The summed E-state index contributed by atoms with van der Waals surface area (Å²) in [4.78, 5) is 15.8. The van der Waals surface area contributed by atoms with E-state index >= 15 is 0 Å². The first-order valence-corrected chi connectivity index (χ1v) is 6.98. The molecule has 3 rings (SSSR count). The van der Waals surface area contributed by atoms with Crippen LogP contribution in [-0.4, -0.2) is 16.1 Å². The molecule has 0 unspecified atom stereocenters. The number of alkyl halides is 3. The van der Waals surface area contributed by atoms with Crippen molar-refractivity contribution in [3.8, 4) is 0 Å². The minimum atomic E-state index is -4.44. The molecule has 23 heavy (non-hydrogen) atoms. The molecule has 0 aliphatic heterocycles. The fourth-order valence-corrected chi connectivity index (χ4v) is 2.52. The van der Waals surface area contributed by atoms with E-state index in [0.29, 0.717) is 12.2 Å². The Hall–Kier alpha value is -2.38. The van der Waals surface area contributed by atoms with Crippen LogP contribution in [0, 0.1) is 12.8 Å². The van der Waals surface area contributed by atoms with Gasteiger partial charge in [-0.2, -0.15) is 18.2 Å². The van der Waals surface area contributed by atoms with Crippen LogP contribution in [0.5, 0.6) is 0 Å². The molecule has 1 aliphatic rings. The van der Waals surface area contributed by atoms with E-state index in [9.17, 15) is 18.0 Å². The van der Waals surface area contributed by atoms with Gasteiger partial charge in [-0.1, -0.05) is 23.4 Å². The molecule has 2 atom stereocenters. The Morgan fingerprint density at radius 3 is 2.78 bits per heavy atom. The second-order valence-electron chi connectivity index (χ2n) is 5.38. The van der Waals surface area contributed by atoms with Crippen LogP contribution < -0.4 is 0 Å².